The third kappa shape index (κ3) is 4.02. The number of halogens is 1. The summed E-state index contributed by atoms with van der Waals surface area (Å²) in [4.78, 5) is 24.0. The Balaban J connectivity index is 1.29. The molecule has 1 aromatic carbocycles. The van der Waals surface area contributed by atoms with Crippen LogP contribution in [-0.2, 0) is 4.79 Å². The predicted octanol–water partition coefficient (Wildman–Crippen LogP) is 2.70. The van der Waals surface area contributed by atoms with Crippen molar-refractivity contribution in [1.82, 2.24) is 25.6 Å². The molecule has 0 unspecified atom stereocenters. The summed E-state index contributed by atoms with van der Waals surface area (Å²) < 4.78 is 2.20. The molecule has 26 heavy (non-hydrogen) atoms. The van der Waals surface area contributed by atoms with Gasteiger partial charge in [-0.3, -0.25) is 20.4 Å². The van der Waals surface area contributed by atoms with Crippen LogP contribution >= 0.6 is 23.4 Å². The van der Waals surface area contributed by atoms with E-state index in [9.17, 15) is 9.59 Å². The van der Waals surface area contributed by atoms with Crippen LogP contribution in [0.3, 0.4) is 0 Å². The maximum Gasteiger partial charge on any atom is 0.269 e. The number of hydrazine groups is 1. The van der Waals surface area contributed by atoms with Gasteiger partial charge in [-0.2, -0.15) is 0 Å². The van der Waals surface area contributed by atoms with Crippen LogP contribution in [0.2, 0.25) is 5.02 Å². The average Bonchev–Trinajstić information content (AvgIpc) is 3.57. The quantitative estimate of drug-likeness (QED) is 0.583. The second kappa shape index (κ2) is 7.28. The molecule has 2 saturated carbocycles. The second-order valence-corrected chi connectivity index (χ2v) is 7.89. The van der Waals surface area contributed by atoms with Crippen LogP contribution in [0.25, 0.3) is 0 Å². The largest absolute Gasteiger partial charge is 0.303 e. The number of benzene rings is 1. The van der Waals surface area contributed by atoms with Gasteiger partial charge in [0.1, 0.15) is 5.82 Å². The zero-order valence-electron chi connectivity index (χ0n) is 13.9. The van der Waals surface area contributed by atoms with Crippen molar-refractivity contribution in [3.05, 3.63) is 40.7 Å². The molecule has 2 amide bonds. The van der Waals surface area contributed by atoms with E-state index in [1.807, 2.05) is 0 Å². The van der Waals surface area contributed by atoms with Crippen LogP contribution in [0.5, 0.6) is 0 Å². The molecule has 2 fully saturated rings. The molecule has 1 aromatic heterocycles. The summed E-state index contributed by atoms with van der Waals surface area (Å²) >= 11 is 7.14. The molecule has 0 bridgehead atoms. The molecule has 2 aliphatic rings. The molecule has 2 aliphatic carbocycles. The maximum atomic E-state index is 12.0. The van der Waals surface area contributed by atoms with Crippen LogP contribution in [0.15, 0.2) is 29.4 Å². The van der Waals surface area contributed by atoms with E-state index in [1.165, 1.54) is 24.6 Å². The first-order valence-electron chi connectivity index (χ1n) is 8.54. The van der Waals surface area contributed by atoms with Gasteiger partial charge in [0, 0.05) is 22.5 Å². The fraction of sp³-hybridized carbons (Fsp3) is 0.412. The van der Waals surface area contributed by atoms with Crippen molar-refractivity contribution in [2.45, 2.75) is 42.8 Å². The number of rotatable bonds is 6. The number of nitrogens with one attached hydrogen (secondary N) is 2. The maximum absolute atomic E-state index is 12.0. The van der Waals surface area contributed by atoms with Gasteiger partial charge in [0.15, 0.2) is 5.16 Å². The summed E-state index contributed by atoms with van der Waals surface area (Å²) in [5.74, 6) is 1.07. The van der Waals surface area contributed by atoms with E-state index in [-0.39, 0.29) is 11.7 Å². The number of aromatic nitrogens is 3. The number of hydrogen-bond donors (Lipinski definition) is 2. The van der Waals surface area contributed by atoms with E-state index < -0.39 is 5.91 Å². The van der Waals surface area contributed by atoms with Crippen molar-refractivity contribution in [1.29, 1.82) is 0 Å². The first-order chi connectivity index (χ1) is 12.6. The third-order valence-corrected chi connectivity index (χ3v) is 5.49. The molecular formula is C17H18ClN5O2S. The van der Waals surface area contributed by atoms with Crippen LogP contribution in [-0.4, -0.2) is 32.3 Å². The average molecular weight is 392 g/mol. The van der Waals surface area contributed by atoms with Gasteiger partial charge in [-0.1, -0.05) is 23.4 Å². The lowest BCUT2D eigenvalue weighted by Crippen LogP contribution is -2.42. The minimum absolute atomic E-state index is 0.163. The van der Waals surface area contributed by atoms with Crippen molar-refractivity contribution < 1.29 is 9.59 Å². The Morgan fingerprint density at radius 1 is 1.12 bits per heavy atom. The van der Waals surface area contributed by atoms with Crippen molar-refractivity contribution in [2.24, 2.45) is 0 Å². The number of carbonyl (C=O) groups excluding carboxylic acids is 2. The Hall–Kier alpha value is -2.06. The van der Waals surface area contributed by atoms with E-state index in [2.05, 4.69) is 25.6 Å². The fourth-order valence-corrected chi connectivity index (χ4v) is 3.59. The molecule has 136 valence electrons. The SMILES string of the molecule is O=C(CSc1nnc(C2CC2)n1C1CC1)NNC(=O)c1ccc(Cl)cc1. The molecule has 2 N–H and O–H groups in total. The lowest BCUT2D eigenvalue weighted by Gasteiger charge is -2.09. The highest BCUT2D eigenvalue weighted by atomic mass is 35.5. The normalized spacial score (nSPS) is 16.3. The molecule has 0 aliphatic heterocycles. The second-order valence-electron chi connectivity index (χ2n) is 6.51. The number of nitrogens with zero attached hydrogens (tertiary/aromatic N) is 3. The summed E-state index contributed by atoms with van der Waals surface area (Å²) in [5, 5.41) is 9.91. The number of amides is 2. The van der Waals surface area contributed by atoms with Crippen molar-refractivity contribution in [3.8, 4) is 0 Å². The van der Waals surface area contributed by atoms with Crippen molar-refractivity contribution in [3.63, 3.8) is 0 Å². The first kappa shape index (κ1) is 17.4. The molecule has 0 saturated heterocycles. The fourth-order valence-electron chi connectivity index (χ4n) is 2.65. The van der Waals surface area contributed by atoms with Crippen LogP contribution < -0.4 is 10.9 Å². The molecule has 0 radical (unpaired) electrons. The highest BCUT2D eigenvalue weighted by Gasteiger charge is 2.36. The van der Waals surface area contributed by atoms with Gasteiger partial charge >= 0.3 is 0 Å². The molecule has 0 atom stereocenters. The Labute approximate surface area is 159 Å². The molecule has 4 rings (SSSR count). The van der Waals surface area contributed by atoms with E-state index in [1.54, 1.807) is 24.3 Å². The molecule has 2 aromatic rings. The Morgan fingerprint density at radius 3 is 2.50 bits per heavy atom. The third-order valence-electron chi connectivity index (χ3n) is 4.30. The molecule has 9 heteroatoms. The summed E-state index contributed by atoms with van der Waals surface area (Å²) in [6, 6.07) is 6.91. The highest BCUT2D eigenvalue weighted by Crippen LogP contribution is 2.45. The summed E-state index contributed by atoms with van der Waals surface area (Å²) in [7, 11) is 0. The van der Waals surface area contributed by atoms with Gasteiger partial charge in [0.25, 0.3) is 5.91 Å². The number of hydrogen-bond acceptors (Lipinski definition) is 5. The van der Waals surface area contributed by atoms with Crippen LogP contribution in [0.1, 0.15) is 53.8 Å². The van der Waals surface area contributed by atoms with Gasteiger partial charge in [-0.25, -0.2) is 0 Å². The van der Waals surface area contributed by atoms with Crippen LogP contribution in [0.4, 0.5) is 0 Å². The van der Waals surface area contributed by atoms with Crippen molar-refractivity contribution >= 4 is 35.2 Å². The van der Waals surface area contributed by atoms with Crippen LogP contribution in [0, 0.1) is 0 Å². The minimum atomic E-state index is -0.391. The summed E-state index contributed by atoms with van der Waals surface area (Å²) in [6.45, 7) is 0. The Bertz CT molecular complexity index is 830. The standard InChI is InChI=1S/C17H18ClN5O2S/c18-12-5-3-11(4-6-12)16(25)21-19-14(24)9-26-17-22-20-15(10-1-2-10)23(17)13-7-8-13/h3-6,10,13H,1-2,7-9H2,(H,19,24)(H,21,25). The van der Waals surface area contributed by atoms with E-state index in [0.717, 1.165) is 23.8 Å². The minimum Gasteiger partial charge on any atom is -0.303 e. The van der Waals surface area contributed by atoms with Gasteiger partial charge < -0.3 is 4.57 Å². The summed E-state index contributed by atoms with van der Waals surface area (Å²) in [5.41, 5.74) is 5.24. The van der Waals surface area contributed by atoms with Gasteiger partial charge in [0.2, 0.25) is 5.91 Å². The van der Waals surface area contributed by atoms with E-state index >= 15 is 0 Å². The Kier molecular flexibility index (Phi) is 4.86. The molecule has 0 spiro atoms. The monoisotopic (exact) mass is 391 g/mol. The van der Waals surface area contributed by atoms with E-state index in [0.29, 0.717) is 22.5 Å². The van der Waals surface area contributed by atoms with Gasteiger partial charge in [-0.05, 0) is 49.9 Å². The Morgan fingerprint density at radius 2 is 1.85 bits per heavy atom. The van der Waals surface area contributed by atoms with Gasteiger partial charge in [0.05, 0.1) is 5.75 Å². The molecule has 1 heterocycles. The zero-order valence-corrected chi connectivity index (χ0v) is 15.5. The lowest BCUT2D eigenvalue weighted by molar-refractivity contribution is -0.119. The summed E-state index contributed by atoms with van der Waals surface area (Å²) in [6.07, 6.45) is 4.64. The highest BCUT2D eigenvalue weighted by molar-refractivity contribution is 7.99. The first-order valence-corrected chi connectivity index (χ1v) is 9.90. The van der Waals surface area contributed by atoms with Crippen molar-refractivity contribution in [2.75, 3.05) is 5.75 Å². The predicted molar refractivity (Wildman–Crippen MR) is 98.1 cm³/mol. The topological polar surface area (TPSA) is 88.9 Å². The lowest BCUT2D eigenvalue weighted by atomic mass is 10.2. The molecular weight excluding hydrogens is 374 g/mol. The smallest absolute Gasteiger partial charge is 0.269 e. The number of thioether (sulfide) groups is 1. The van der Waals surface area contributed by atoms with Gasteiger partial charge in [-0.15, -0.1) is 10.2 Å². The van der Waals surface area contributed by atoms with E-state index in [4.69, 9.17) is 11.6 Å². The molecule has 7 nitrogen and oxygen atoms in total. The number of carbonyl (C=O) groups is 2. The zero-order chi connectivity index (χ0) is 18.1.